The van der Waals surface area contributed by atoms with Crippen molar-refractivity contribution >= 4 is 47.4 Å². The van der Waals surface area contributed by atoms with Crippen LogP contribution in [0.1, 0.15) is 43.0 Å². The van der Waals surface area contributed by atoms with Gasteiger partial charge in [0.15, 0.2) is 5.96 Å². The van der Waals surface area contributed by atoms with E-state index in [1.165, 1.54) is 0 Å². The fraction of sp³-hybridized carbons (Fsp3) is 0.556. The molecule has 0 radical (unpaired) electrons. The zero-order valence-corrected chi connectivity index (χ0v) is 18.1. The SMILES string of the molecule is CCNC(=NCCNC(=O)c1ccc(Cl)cc1)NC1CCC(O)CC1.I. The van der Waals surface area contributed by atoms with Crippen molar-refractivity contribution in [2.24, 2.45) is 4.99 Å². The summed E-state index contributed by atoms with van der Waals surface area (Å²) in [5, 5.41) is 19.7. The lowest BCUT2D eigenvalue weighted by molar-refractivity contribution is 0.0955. The van der Waals surface area contributed by atoms with Gasteiger partial charge in [0.1, 0.15) is 0 Å². The maximum Gasteiger partial charge on any atom is 0.251 e. The van der Waals surface area contributed by atoms with Gasteiger partial charge in [-0.2, -0.15) is 0 Å². The highest BCUT2D eigenvalue weighted by Crippen LogP contribution is 2.18. The van der Waals surface area contributed by atoms with E-state index in [0.29, 0.717) is 29.7 Å². The Morgan fingerprint density at radius 1 is 1.19 bits per heavy atom. The third-order valence-electron chi connectivity index (χ3n) is 4.16. The van der Waals surface area contributed by atoms with Crippen molar-refractivity contribution in [3.63, 3.8) is 0 Å². The lowest BCUT2D eigenvalue weighted by Crippen LogP contribution is -2.45. The Bertz CT molecular complexity index is 575. The van der Waals surface area contributed by atoms with Crippen molar-refractivity contribution in [3.8, 4) is 0 Å². The van der Waals surface area contributed by atoms with Crippen LogP contribution in [-0.2, 0) is 0 Å². The molecule has 1 saturated carbocycles. The number of hydrogen-bond donors (Lipinski definition) is 4. The second-order valence-electron chi connectivity index (χ2n) is 6.17. The van der Waals surface area contributed by atoms with Crippen LogP contribution in [0.15, 0.2) is 29.3 Å². The molecule has 1 aliphatic rings. The first-order valence-electron chi connectivity index (χ1n) is 8.85. The number of aliphatic imine (C=N–C) groups is 1. The number of halogens is 2. The Morgan fingerprint density at radius 3 is 2.46 bits per heavy atom. The Kier molecular flexibility index (Phi) is 10.9. The van der Waals surface area contributed by atoms with Crippen LogP contribution >= 0.6 is 35.6 Å². The fourth-order valence-corrected chi connectivity index (χ4v) is 2.90. The lowest BCUT2D eigenvalue weighted by Gasteiger charge is -2.27. The summed E-state index contributed by atoms with van der Waals surface area (Å²) >= 11 is 5.82. The average molecular weight is 495 g/mol. The molecule has 1 aromatic carbocycles. The zero-order valence-electron chi connectivity index (χ0n) is 15.0. The quantitative estimate of drug-likeness (QED) is 0.212. The second kappa shape index (κ2) is 12.3. The van der Waals surface area contributed by atoms with Gasteiger partial charge in [0.25, 0.3) is 5.91 Å². The molecule has 0 saturated heterocycles. The molecule has 0 spiro atoms. The van der Waals surface area contributed by atoms with Crippen molar-refractivity contribution in [2.45, 2.75) is 44.8 Å². The monoisotopic (exact) mass is 494 g/mol. The number of nitrogens with one attached hydrogen (secondary N) is 3. The van der Waals surface area contributed by atoms with Gasteiger partial charge in [-0.15, -0.1) is 24.0 Å². The molecule has 0 aliphatic heterocycles. The topological polar surface area (TPSA) is 85.8 Å². The second-order valence-corrected chi connectivity index (χ2v) is 6.61. The van der Waals surface area contributed by atoms with Crippen molar-refractivity contribution in [3.05, 3.63) is 34.9 Å². The molecule has 1 aromatic rings. The van der Waals surface area contributed by atoms with Crippen molar-refractivity contribution in [2.75, 3.05) is 19.6 Å². The number of benzene rings is 1. The van der Waals surface area contributed by atoms with E-state index in [4.69, 9.17) is 11.6 Å². The van der Waals surface area contributed by atoms with Crippen LogP contribution in [0.3, 0.4) is 0 Å². The van der Waals surface area contributed by atoms with Gasteiger partial charge in [-0.25, -0.2) is 0 Å². The lowest BCUT2D eigenvalue weighted by atomic mass is 9.93. The van der Waals surface area contributed by atoms with E-state index in [1.54, 1.807) is 24.3 Å². The Labute approximate surface area is 177 Å². The minimum Gasteiger partial charge on any atom is -0.393 e. The molecular formula is C18H28ClIN4O2. The summed E-state index contributed by atoms with van der Waals surface area (Å²) in [5.74, 6) is 0.621. The molecule has 1 aliphatic carbocycles. The third kappa shape index (κ3) is 8.09. The highest BCUT2D eigenvalue weighted by atomic mass is 127. The first-order valence-corrected chi connectivity index (χ1v) is 9.23. The highest BCUT2D eigenvalue weighted by molar-refractivity contribution is 14.0. The van der Waals surface area contributed by atoms with Gasteiger partial charge in [-0.1, -0.05) is 11.6 Å². The first-order chi connectivity index (χ1) is 12.1. The Hall–Kier alpha value is -1.06. The smallest absolute Gasteiger partial charge is 0.251 e. The van der Waals surface area contributed by atoms with Crippen molar-refractivity contribution < 1.29 is 9.90 Å². The van der Waals surface area contributed by atoms with E-state index in [1.807, 2.05) is 6.92 Å². The van der Waals surface area contributed by atoms with Crippen LogP contribution in [0.25, 0.3) is 0 Å². The van der Waals surface area contributed by atoms with Crippen molar-refractivity contribution in [1.29, 1.82) is 0 Å². The van der Waals surface area contributed by atoms with Gasteiger partial charge >= 0.3 is 0 Å². The van der Waals surface area contributed by atoms with Gasteiger partial charge in [-0.3, -0.25) is 9.79 Å². The highest BCUT2D eigenvalue weighted by Gasteiger charge is 2.19. The predicted octanol–water partition coefficient (Wildman–Crippen LogP) is 2.55. The maximum atomic E-state index is 12.0. The number of aliphatic hydroxyl groups is 1. The van der Waals surface area contributed by atoms with Crippen LogP contribution in [0, 0.1) is 0 Å². The van der Waals surface area contributed by atoms with Gasteiger partial charge < -0.3 is 21.1 Å². The summed E-state index contributed by atoms with van der Waals surface area (Å²) in [4.78, 5) is 16.5. The molecule has 0 bridgehead atoms. The third-order valence-corrected chi connectivity index (χ3v) is 4.41. The molecule has 0 aromatic heterocycles. The summed E-state index contributed by atoms with van der Waals surface area (Å²) in [6.07, 6.45) is 3.38. The molecular weight excluding hydrogens is 467 g/mol. The van der Waals surface area contributed by atoms with Crippen LogP contribution in [-0.4, -0.2) is 48.8 Å². The number of carbonyl (C=O) groups is 1. The van der Waals surface area contributed by atoms with Gasteiger partial charge in [0, 0.05) is 29.7 Å². The van der Waals surface area contributed by atoms with Crippen LogP contribution < -0.4 is 16.0 Å². The molecule has 1 amide bonds. The van der Waals surface area contributed by atoms with Crippen LogP contribution in [0.5, 0.6) is 0 Å². The largest absolute Gasteiger partial charge is 0.393 e. The van der Waals surface area contributed by atoms with E-state index in [2.05, 4.69) is 20.9 Å². The minimum atomic E-state index is -0.166. The molecule has 146 valence electrons. The zero-order chi connectivity index (χ0) is 18.1. The molecule has 4 N–H and O–H groups in total. The van der Waals surface area contributed by atoms with Crippen LogP contribution in [0.4, 0.5) is 0 Å². The summed E-state index contributed by atoms with van der Waals surface area (Å²) in [7, 11) is 0. The average Bonchev–Trinajstić information content (AvgIpc) is 2.61. The van der Waals surface area contributed by atoms with E-state index in [0.717, 1.165) is 38.2 Å². The number of hydrogen-bond acceptors (Lipinski definition) is 3. The first kappa shape index (κ1) is 23.0. The maximum absolute atomic E-state index is 12.0. The fourth-order valence-electron chi connectivity index (χ4n) is 2.77. The van der Waals surface area contributed by atoms with E-state index in [9.17, 15) is 9.90 Å². The van der Waals surface area contributed by atoms with Crippen LogP contribution in [0.2, 0.25) is 5.02 Å². The minimum absolute atomic E-state index is 0. The number of aliphatic hydroxyl groups excluding tert-OH is 1. The summed E-state index contributed by atoms with van der Waals surface area (Å²) in [6, 6.07) is 7.13. The number of guanidine groups is 1. The van der Waals surface area contributed by atoms with Gasteiger partial charge in [0.2, 0.25) is 0 Å². The summed E-state index contributed by atoms with van der Waals surface area (Å²) < 4.78 is 0. The Morgan fingerprint density at radius 2 is 1.85 bits per heavy atom. The molecule has 0 unspecified atom stereocenters. The normalized spacial score (nSPS) is 20.0. The standard InChI is InChI=1S/C18H27ClN4O2.HI/c1-2-20-18(23-15-7-9-16(24)10-8-15)22-12-11-21-17(25)13-3-5-14(19)6-4-13;/h3-6,15-16,24H,2,7-12H2,1H3,(H,21,25)(H2,20,22,23);1H. The van der Waals surface area contributed by atoms with E-state index < -0.39 is 0 Å². The van der Waals surface area contributed by atoms with E-state index in [-0.39, 0.29) is 36.0 Å². The molecule has 0 heterocycles. The Balaban J connectivity index is 0.00000338. The molecule has 26 heavy (non-hydrogen) atoms. The van der Waals surface area contributed by atoms with E-state index >= 15 is 0 Å². The van der Waals surface area contributed by atoms with Gasteiger partial charge in [-0.05, 0) is 56.9 Å². The molecule has 2 rings (SSSR count). The molecule has 8 heteroatoms. The molecule has 0 atom stereocenters. The molecule has 1 fully saturated rings. The van der Waals surface area contributed by atoms with Crippen molar-refractivity contribution in [1.82, 2.24) is 16.0 Å². The van der Waals surface area contributed by atoms with Gasteiger partial charge in [0.05, 0.1) is 12.6 Å². The number of amides is 1. The molecule has 6 nitrogen and oxygen atoms in total. The number of carbonyl (C=O) groups excluding carboxylic acids is 1. The number of rotatable bonds is 6. The summed E-state index contributed by atoms with van der Waals surface area (Å²) in [6.45, 7) is 3.74. The summed E-state index contributed by atoms with van der Waals surface area (Å²) in [5.41, 5.74) is 0.583. The number of nitrogens with zero attached hydrogens (tertiary/aromatic N) is 1. The predicted molar refractivity (Wildman–Crippen MR) is 117 cm³/mol.